The number of nitrogens with one attached hydrogen (secondary N) is 1. The van der Waals surface area contributed by atoms with Gasteiger partial charge in [-0.05, 0) is 5.56 Å². The van der Waals surface area contributed by atoms with Gasteiger partial charge in [-0.25, -0.2) is 4.98 Å². The topological polar surface area (TPSA) is 85.1 Å². The summed E-state index contributed by atoms with van der Waals surface area (Å²) in [6.45, 7) is 0.314. The molecule has 0 aliphatic heterocycles. The molecule has 1 amide bonds. The summed E-state index contributed by atoms with van der Waals surface area (Å²) in [6.07, 6.45) is 0. The second kappa shape index (κ2) is 5.37. The normalized spacial score (nSPS) is 10.0. The van der Waals surface area contributed by atoms with E-state index in [-0.39, 0.29) is 11.6 Å². The zero-order valence-corrected chi connectivity index (χ0v) is 10.0. The lowest BCUT2D eigenvalue weighted by Gasteiger charge is -2.03. The molecule has 2 aromatic rings. The highest BCUT2D eigenvalue weighted by molar-refractivity contribution is 7.07. The second-order valence-corrected chi connectivity index (χ2v) is 4.20. The van der Waals surface area contributed by atoms with E-state index in [1.807, 2.05) is 0 Å². The summed E-state index contributed by atoms with van der Waals surface area (Å²) in [5.41, 5.74) is 2.79. The highest BCUT2D eigenvalue weighted by Gasteiger charge is 2.08. The van der Waals surface area contributed by atoms with Gasteiger partial charge in [0.2, 0.25) is 0 Å². The zero-order chi connectivity index (χ0) is 13.0. The lowest BCUT2D eigenvalue weighted by Crippen LogP contribution is -2.22. The number of hydrogen-bond donors (Lipinski definition) is 1. The van der Waals surface area contributed by atoms with Crippen LogP contribution >= 0.6 is 11.3 Å². The molecular formula is C11H9N3O3S. The fourth-order valence-electron chi connectivity index (χ4n) is 1.33. The van der Waals surface area contributed by atoms with Gasteiger partial charge in [0.05, 0.1) is 10.4 Å². The van der Waals surface area contributed by atoms with Crippen molar-refractivity contribution in [3.63, 3.8) is 0 Å². The fraction of sp³-hybridized carbons (Fsp3) is 0.0909. The molecule has 0 fully saturated rings. The molecule has 0 saturated carbocycles. The molecule has 92 valence electrons. The number of nitro groups is 1. The van der Waals surface area contributed by atoms with Crippen LogP contribution in [0.15, 0.2) is 35.2 Å². The van der Waals surface area contributed by atoms with Crippen molar-refractivity contribution in [3.05, 3.63) is 56.5 Å². The van der Waals surface area contributed by atoms with Gasteiger partial charge in [0.15, 0.2) is 0 Å². The minimum Gasteiger partial charge on any atom is -0.347 e. The van der Waals surface area contributed by atoms with Crippen molar-refractivity contribution in [2.45, 2.75) is 6.54 Å². The summed E-state index contributed by atoms with van der Waals surface area (Å²) in [5.74, 6) is -0.255. The van der Waals surface area contributed by atoms with E-state index in [1.54, 1.807) is 23.0 Å². The molecule has 1 N–H and O–H groups in total. The van der Waals surface area contributed by atoms with Gasteiger partial charge in [0, 0.05) is 24.1 Å². The Morgan fingerprint density at radius 2 is 2.11 bits per heavy atom. The fourth-order valence-corrected chi connectivity index (χ4v) is 1.87. The maximum absolute atomic E-state index is 11.6. The molecular weight excluding hydrogens is 254 g/mol. The number of hydrogen-bond acceptors (Lipinski definition) is 5. The number of nitrogens with zero attached hydrogens (tertiary/aromatic N) is 2. The van der Waals surface area contributed by atoms with Gasteiger partial charge in [0.25, 0.3) is 11.6 Å². The first-order chi connectivity index (χ1) is 8.66. The number of benzene rings is 1. The number of amides is 1. The van der Waals surface area contributed by atoms with E-state index in [9.17, 15) is 14.9 Å². The third-order valence-electron chi connectivity index (χ3n) is 2.27. The Labute approximate surface area is 106 Å². The third-order valence-corrected chi connectivity index (χ3v) is 2.85. The molecule has 0 radical (unpaired) electrons. The van der Waals surface area contributed by atoms with Crippen LogP contribution in [0, 0.1) is 10.1 Å². The van der Waals surface area contributed by atoms with Crippen LogP contribution in [0.5, 0.6) is 0 Å². The number of thiazole rings is 1. The van der Waals surface area contributed by atoms with Crippen LogP contribution in [-0.2, 0) is 6.54 Å². The predicted molar refractivity (Wildman–Crippen MR) is 66.4 cm³/mol. The van der Waals surface area contributed by atoms with Crippen LogP contribution < -0.4 is 5.32 Å². The molecule has 0 unspecified atom stereocenters. The smallest absolute Gasteiger partial charge is 0.271 e. The van der Waals surface area contributed by atoms with Crippen LogP contribution in [0.1, 0.15) is 16.1 Å². The molecule has 1 aromatic heterocycles. The molecule has 7 heteroatoms. The highest BCUT2D eigenvalue weighted by Crippen LogP contribution is 2.11. The van der Waals surface area contributed by atoms with Gasteiger partial charge < -0.3 is 5.32 Å². The Bertz CT molecular complexity index is 551. The average Bonchev–Trinajstić information content (AvgIpc) is 2.90. The number of carbonyl (C=O) groups is 1. The van der Waals surface area contributed by atoms with Crippen molar-refractivity contribution in [3.8, 4) is 0 Å². The molecule has 0 saturated heterocycles. The van der Waals surface area contributed by atoms with Crippen molar-refractivity contribution >= 4 is 22.9 Å². The van der Waals surface area contributed by atoms with Crippen molar-refractivity contribution in [1.29, 1.82) is 0 Å². The minimum absolute atomic E-state index is 0.0320. The Morgan fingerprint density at radius 1 is 1.39 bits per heavy atom. The number of rotatable bonds is 4. The number of aromatic nitrogens is 1. The van der Waals surface area contributed by atoms with Crippen molar-refractivity contribution < 1.29 is 9.72 Å². The Balaban J connectivity index is 1.94. The van der Waals surface area contributed by atoms with E-state index < -0.39 is 4.92 Å². The lowest BCUT2D eigenvalue weighted by molar-refractivity contribution is -0.384. The standard InChI is InChI=1S/C11H9N3O3S/c15-11(10-6-18-7-13-10)12-5-8-1-3-9(4-2-8)14(16)17/h1-4,6-7H,5H2,(H,12,15). The lowest BCUT2D eigenvalue weighted by atomic mass is 10.2. The first-order valence-electron chi connectivity index (χ1n) is 5.06. The average molecular weight is 263 g/mol. The zero-order valence-electron chi connectivity index (χ0n) is 9.20. The summed E-state index contributed by atoms with van der Waals surface area (Å²) < 4.78 is 0. The first-order valence-corrected chi connectivity index (χ1v) is 6.01. The Morgan fingerprint density at radius 3 is 2.67 bits per heavy atom. The van der Waals surface area contributed by atoms with Gasteiger partial charge >= 0.3 is 0 Å². The maximum atomic E-state index is 11.6. The third kappa shape index (κ3) is 2.89. The van der Waals surface area contributed by atoms with Crippen molar-refractivity contribution in [1.82, 2.24) is 10.3 Å². The monoisotopic (exact) mass is 263 g/mol. The van der Waals surface area contributed by atoms with E-state index in [0.29, 0.717) is 12.2 Å². The Kier molecular flexibility index (Phi) is 3.63. The molecule has 0 aliphatic rings. The molecule has 0 aliphatic carbocycles. The molecule has 0 atom stereocenters. The van der Waals surface area contributed by atoms with E-state index >= 15 is 0 Å². The quantitative estimate of drug-likeness (QED) is 0.675. The summed E-state index contributed by atoms with van der Waals surface area (Å²) in [4.78, 5) is 25.5. The molecule has 0 bridgehead atoms. The highest BCUT2D eigenvalue weighted by atomic mass is 32.1. The van der Waals surface area contributed by atoms with Crippen LogP contribution in [0.3, 0.4) is 0 Å². The SMILES string of the molecule is O=C(NCc1ccc([N+](=O)[O-])cc1)c1cscn1. The van der Waals surface area contributed by atoms with Crippen LogP contribution in [-0.4, -0.2) is 15.8 Å². The van der Waals surface area contributed by atoms with E-state index in [4.69, 9.17) is 0 Å². The summed E-state index contributed by atoms with van der Waals surface area (Å²) in [5, 5.41) is 14.8. The summed E-state index contributed by atoms with van der Waals surface area (Å²) in [6, 6.07) is 6.04. The second-order valence-electron chi connectivity index (χ2n) is 3.48. The number of nitro benzene ring substituents is 1. The van der Waals surface area contributed by atoms with Gasteiger partial charge in [-0.3, -0.25) is 14.9 Å². The van der Waals surface area contributed by atoms with Gasteiger partial charge in [-0.15, -0.1) is 11.3 Å². The molecule has 18 heavy (non-hydrogen) atoms. The van der Waals surface area contributed by atoms with Crippen molar-refractivity contribution in [2.75, 3.05) is 0 Å². The predicted octanol–water partition coefficient (Wildman–Crippen LogP) is 1.98. The van der Waals surface area contributed by atoms with Crippen LogP contribution in [0.4, 0.5) is 5.69 Å². The van der Waals surface area contributed by atoms with Crippen molar-refractivity contribution in [2.24, 2.45) is 0 Å². The van der Waals surface area contributed by atoms with Gasteiger partial charge in [-0.1, -0.05) is 12.1 Å². The number of non-ortho nitro benzene ring substituents is 1. The molecule has 0 spiro atoms. The van der Waals surface area contributed by atoms with E-state index in [0.717, 1.165) is 5.56 Å². The summed E-state index contributed by atoms with van der Waals surface area (Å²) >= 11 is 1.35. The number of carbonyl (C=O) groups excluding carboxylic acids is 1. The van der Waals surface area contributed by atoms with Gasteiger partial charge in [-0.2, -0.15) is 0 Å². The van der Waals surface area contributed by atoms with Crippen LogP contribution in [0.25, 0.3) is 0 Å². The Hall–Kier alpha value is -2.28. The first kappa shape index (κ1) is 12.2. The molecule has 2 rings (SSSR count). The van der Waals surface area contributed by atoms with E-state index in [2.05, 4.69) is 10.3 Å². The minimum atomic E-state index is -0.461. The maximum Gasteiger partial charge on any atom is 0.271 e. The summed E-state index contributed by atoms with van der Waals surface area (Å²) in [7, 11) is 0. The largest absolute Gasteiger partial charge is 0.347 e. The van der Waals surface area contributed by atoms with E-state index in [1.165, 1.54) is 23.5 Å². The van der Waals surface area contributed by atoms with Gasteiger partial charge in [0.1, 0.15) is 5.69 Å². The van der Waals surface area contributed by atoms with Crippen LogP contribution in [0.2, 0.25) is 0 Å². The molecule has 1 heterocycles. The molecule has 6 nitrogen and oxygen atoms in total. The molecule has 1 aromatic carbocycles.